The highest BCUT2D eigenvalue weighted by atomic mass is 32.1. The Labute approximate surface area is 91.6 Å². The minimum atomic E-state index is 0.0111. The molecule has 2 N–H and O–H groups in total. The fraction of sp³-hybridized carbons (Fsp3) is 0.900. The van der Waals surface area contributed by atoms with E-state index in [1.807, 2.05) is 0 Å². The van der Waals surface area contributed by atoms with Crippen molar-refractivity contribution in [3.8, 4) is 0 Å². The van der Waals surface area contributed by atoms with Gasteiger partial charge in [0.15, 0.2) is 5.11 Å². The standard InChI is InChI=1S/C10H20N2OS/c1-8(2)11-9(14)12-10(3)5-4-6-13-7-10/h8H,4-7H2,1-3H3,(H2,11,12,14). The highest BCUT2D eigenvalue weighted by Crippen LogP contribution is 2.17. The van der Waals surface area contributed by atoms with Gasteiger partial charge in [-0.25, -0.2) is 0 Å². The van der Waals surface area contributed by atoms with Gasteiger partial charge in [0.1, 0.15) is 0 Å². The highest BCUT2D eigenvalue weighted by molar-refractivity contribution is 7.80. The van der Waals surface area contributed by atoms with Gasteiger partial charge in [0.25, 0.3) is 0 Å². The smallest absolute Gasteiger partial charge is 0.166 e. The Morgan fingerprint density at radius 2 is 2.21 bits per heavy atom. The van der Waals surface area contributed by atoms with E-state index in [0.717, 1.165) is 31.2 Å². The summed E-state index contributed by atoms with van der Waals surface area (Å²) >= 11 is 5.21. The van der Waals surface area contributed by atoms with Crippen molar-refractivity contribution in [3.05, 3.63) is 0 Å². The van der Waals surface area contributed by atoms with Gasteiger partial charge in [-0.1, -0.05) is 0 Å². The maximum Gasteiger partial charge on any atom is 0.166 e. The third kappa shape index (κ3) is 3.80. The van der Waals surface area contributed by atoms with Crippen molar-refractivity contribution < 1.29 is 4.74 Å². The molecule has 0 aromatic carbocycles. The van der Waals surface area contributed by atoms with Crippen molar-refractivity contribution in [1.29, 1.82) is 0 Å². The van der Waals surface area contributed by atoms with E-state index >= 15 is 0 Å². The van der Waals surface area contributed by atoms with E-state index < -0.39 is 0 Å². The number of nitrogens with one attached hydrogen (secondary N) is 2. The zero-order chi connectivity index (χ0) is 10.6. The quantitative estimate of drug-likeness (QED) is 0.684. The molecular formula is C10H20N2OS. The Balaban J connectivity index is 2.37. The average Bonchev–Trinajstić information content (AvgIpc) is 2.02. The molecule has 82 valence electrons. The Morgan fingerprint density at radius 3 is 2.71 bits per heavy atom. The summed E-state index contributed by atoms with van der Waals surface area (Å²) in [5.41, 5.74) is 0.0111. The van der Waals surface area contributed by atoms with Gasteiger partial charge in [-0.2, -0.15) is 0 Å². The summed E-state index contributed by atoms with van der Waals surface area (Å²) in [5, 5.41) is 7.23. The van der Waals surface area contributed by atoms with Crippen LogP contribution in [0, 0.1) is 0 Å². The number of hydrogen-bond acceptors (Lipinski definition) is 2. The summed E-state index contributed by atoms with van der Waals surface area (Å²) in [6.45, 7) is 7.93. The van der Waals surface area contributed by atoms with Crippen LogP contribution in [0.25, 0.3) is 0 Å². The van der Waals surface area contributed by atoms with Crippen LogP contribution in [0.3, 0.4) is 0 Å². The molecule has 0 aromatic rings. The molecule has 14 heavy (non-hydrogen) atoms. The summed E-state index contributed by atoms with van der Waals surface area (Å²) in [5.74, 6) is 0. The van der Waals surface area contributed by atoms with Crippen LogP contribution < -0.4 is 10.6 Å². The van der Waals surface area contributed by atoms with Crippen molar-refractivity contribution >= 4 is 17.3 Å². The first-order valence-corrected chi connectivity index (χ1v) is 5.59. The number of hydrogen-bond donors (Lipinski definition) is 2. The maximum absolute atomic E-state index is 5.44. The van der Waals surface area contributed by atoms with Gasteiger partial charge >= 0.3 is 0 Å². The molecule has 1 rings (SSSR count). The molecule has 1 fully saturated rings. The summed E-state index contributed by atoms with van der Waals surface area (Å²) < 4.78 is 5.44. The van der Waals surface area contributed by atoms with Crippen molar-refractivity contribution in [3.63, 3.8) is 0 Å². The second-order valence-corrected chi connectivity index (χ2v) is 4.88. The lowest BCUT2D eigenvalue weighted by Gasteiger charge is -2.35. The maximum atomic E-state index is 5.44. The predicted molar refractivity (Wildman–Crippen MR) is 62.5 cm³/mol. The van der Waals surface area contributed by atoms with Gasteiger partial charge < -0.3 is 15.4 Å². The molecule has 4 heteroatoms. The zero-order valence-corrected chi connectivity index (χ0v) is 10.0. The lowest BCUT2D eigenvalue weighted by atomic mass is 9.95. The molecule has 1 aliphatic rings. The summed E-state index contributed by atoms with van der Waals surface area (Å²) in [6, 6.07) is 0.378. The van der Waals surface area contributed by atoms with Crippen LogP contribution in [0.15, 0.2) is 0 Å². The van der Waals surface area contributed by atoms with Gasteiger partial charge in [0, 0.05) is 12.6 Å². The lowest BCUT2D eigenvalue weighted by Crippen LogP contribution is -2.55. The van der Waals surface area contributed by atoms with E-state index in [2.05, 4.69) is 31.4 Å². The van der Waals surface area contributed by atoms with Crippen LogP contribution in [-0.4, -0.2) is 29.9 Å². The first kappa shape index (κ1) is 11.7. The fourth-order valence-corrected chi connectivity index (χ4v) is 2.09. The molecule has 1 aliphatic heterocycles. The van der Waals surface area contributed by atoms with Crippen LogP contribution >= 0.6 is 12.2 Å². The predicted octanol–water partition coefficient (Wildman–Crippen LogP) is 1.43. The fourth-order valence-electron chi connectivity index (χ4n) is 1.60. The van der Waals surface area contributed by atoms with Crippen molar-refractivity contribution in [2.75, 3.05) is 13.2 Å². The van der Waals surface area contributed by atoms with Crippen LogP contribution in [0.1, 0.15) is 33.6 Å². The topological polar surface area (TPSA) is 33.3 Å². The summed E-state index contributed by atoms with van der Waals surface area (Å²) in [4.78, 5) is 0. The minimum Gasteiger partial charge on any atom is -0.379 e. The molecule has 1 atom stereocenters. The van der Waals surface area contributed by atoms with E-state index in [4.69, 9.17) is 17.0 Å². The molecular weight excluding hydrogens is 196 g/mol. The van der Waals surface area contributed by atoms with E-state index in [1.165, 1.54) is 0 Å². The molecule has 0 amide bonds. The number of ether oxygens (including phenoxy) is 1. The molecule has 0 radical (unpaired) electrons. The summed E-state index contributed by atoms with van der Waals surface area (Å²) in [6.07, 6.45) is 2.22. The monoisotopic (exact) mass is 216 g/mol. The molecule has 0 aromatic heterocycles. The second-order valence-electron chi connectivity index (χ2n) is 4.47. The van der Waals surface area contributed by atoms with E-state index in [1.54, 1.807) is 0 Å². The number of thiocarbonyl (C=S) groups is 1. The van der Waals surface area contributed by atoms with Gasteiger partial charge in [-0.05, 0) is 45.8 Å². The summed E-state index contributed by atoms with van der Waals surface area (Å²) in [7, 11) is 0. The van der Waals surface area contributed by atoms with Gasteiger partial charge in [-0.15, -0.1) is 0 Å². The molecule has 0 bridgehead atoms. The first-order valence-electron chi connectivity index (χ1n) is 5.18. The zero-order valence-electron chi connectivity index (χ0n) is 9.22. The highest BCUT2D eigenvalue weighted by Gasteiger charge is 2.28. The van der Waals surface area contributed by atoms with Gasteiger partial charge in [0.05, 0.1) is 12.1 Å². The third-order valence-electron chi connectivity index (χ3n) is 2.27. The van der Waals surface area contributed by atoms with Gasteiger partial charge in [-0.3, -0.25) is 0 Å². The van der Waals surface area contributed by atoms with E-state index in [0.29, 0.717) is 6.04 Å². The Hall–Kier alpha value is -0.350. The average molecular weight is 216 g/mol. The van der Waals surface area contributed by atoms with E-state index in [9.17, 15) is 0 Å². The van der Waals surface area contributed by atoms with Crippen LogP contribution in [0.2, 0.25) is 0 Å². The van der Waals surface area contributed by atoms with Crippen molar-refractivity contribution in [1.82, 2.24) is 10.6 Å². The van der Waals surface area contributed by atoms with E-state index in [-0.39, 0.29) is 5.54 Å². The van der Waals surface area contributed by atoms with Crippen molar-refractivity contribution in [2.24, 2.45) is 0 Å². The molecule has 0 aliphatic carbocycles. The second kappa shape index (κ2) is 4.94. The Morgan fingerprint density at radius 1 is 1.50 bits per heavy atom. The third-order valence-corrected chi connectivity index (χ3v) is 2.49. The first-order chi connectivity index (χ1) is 6.52. The lowest BCUT2D eigenvalue weighted by molar-refractivity contribution is 0.0370. The number of rotatable bonds is 2. The molecule has 1 heterocycles. The Bertz CT molecular complexity index is 200. The van der Waals surface area contributed by atoms with Crippen LogP contribution in [0.5, 0.6) is 0 Å². The minimum absolute atomic E-state index is 0.0111. The van der Waals surface area contributed by atoms with Crippen LogP contribution in [-0.2, 0) is 4.74 Å². The van der Waals surface area contributed by atoms with Gasteiger partial charge in [0.2, 0.25) is 0 Å². The van der Waals surface area contributed by atoms with Crippen molar-refractivity contribution in [2.45, 2.75) is 45.2 Å². The largest absolute Gasteiger partial charge is 0.379 e. The molecule has 1 unspecified atom stereocenters. The molecule has 0 saturated carbocycles. The normalized spacial score (nSPS) is 27.4. The van der Waals surface area contributed by atoms with Crippen LogP contribution in [0.4, 0.5) is 0 Å². The molecule has 0 spiro atoms. The SMILES string of the molecule is CC(C)NC(=S)NC1(C)CCCOC1. The molecule has 3 nitrogen and oxygen atoms in total. The Kier molecular flexibility index (Phi) is 4.13. The molecule has 1 saturated heterocycles.